The van der Waals surface area contributed by atoms with Gasteiger partial charge in [0.25, 0.3) is 0 Å². The molecular weight excluding hydrogens is 371 g/mol. The summed E-state index contributed by atoms with van der Waals surface area (Å²) < 4.78 is 1.00. The number of nitrogens with zero attached hydrogens (tertiary/aromatic N) is 2. The van der Waals surface area contributed by atoms with Gasteiger partial charge in [0, 0.05) is 11.3 Å². The van der Waals surface area contributed by atoms with Crippen LogP contribution in [0.3, 0.4) is 0 Å². The highest BCUT2D eigenvalue weighted by molar-refractivity contribution is 14.1. The predicted molar refractivity (Wildman–Crippen MR) is 88.9 cm³/mol. The van der Waals surface area contributed by atoms with Crippen molar-refractivity contribution in [3.63, 3.8) is 0 Å². The van der Waals surface area contributed by atoms with Crippen molar-refractivity contribution in [2.45, 2.75) is 70.6 Å². The molecule has 0 aromatic carbocycles. The van der Waals surface area contributed by atoms with Crippen LogP contribution < -0.4 is 0 Å². The lowest BCUT2D eigenvalue weighted by Crippen LogP contribution is -2.19. The molecule has 19 heavy (non-hydrogen) atoms. The van der Waals surface area contributed by atoms with Crippen molar-refractivity contribution in [1.82, 2.24) is 9.97 Å². The lowest BCUT2D eigenvalue weighted by Gasteiger charge is -2.22. The Morgan fingerprint density at radius 2 is 1.63 bits per heavy atom. The van der Waals surface area contributed by atoms with Crippen LogP contribution in [0.2, 0.25) is 5.15 Å². The minimum Gasteiger partial charge on any atom is -0.236 e. The zero-order valence-corrected chi connectivity index (χ0v) is 14.9. The lowest BCUT2D eigenvalue weighted by molar-refractivity contribution is 0.524. The third kappa shape index (κ3) is 3.81. The van der Waals surface area contributed by atoms with Gasteiger partial charge >= 0.3 is 0 Å². The van der Waals surface area contributed by atoms with Gasteiger partial charge in [0.15, 0.2) is 0 Å². The average molecular weight is 393 g/mol. The molecule has 0 radical (unpaired) electrons. The molecule has 1 fully saturated rings. The second-order valence-corrected chi connectivity index (χ2v) is 7.91. The van der Waals surface area contributed by atoms with E-state index in [-0.39, 0.29) is 5.41 Å². The van der Waals surface area contributed by atoms with Crippen molar-refractivity contribution >= 4 is 34.2 Å². The van der Waals surface area contributed by atoms with E-state index in [1.54, 1.807) is 0 Å². The van der Waals surface area contributed by atoms with Crippen LogP contribution in [0.15, 0.2) is 0 Å². The van der Waals surface area contributed by atoms with E-state index in [4.69, 9.17) is 16.6 Å². The Bertz CT molecular complexity index is 446. The largest absolute Gasteiger partial charge is 0.236 e. The molecule has 1 aliphatic carbocycles. The molecule has 1 aromatic heterocycles. The first-order valence-corrected chi connectivity index (χ1v) is 8.58. The van der Waals surface area contributed by atoms with Crippen LogP contribution in [0.4, 0.5) is 0 Å². The summed E-state index contributed by atoms with van der Waals surface area (Å²) in [5, 5.41) is 0.625. The predicted octanol–water partition coefficient (Wildman–Crippen LogP) is 5.47. The molecule has 0 unspecified atom stereocenters. The zero-order valence-electron chi connectivity index (χ0n) is 12.0. The van der Waals surface area contributed by atoms with Crippen molar-refractivity contribution in [1.29, 1.82) is 0 Å². The molecule has 1 saturated carbocycles. The molecule has 0 spiro atoms. The van der Waals surface area contributed by atoms with E-state index < -0.39 is 0 Å². The van der Waals surface area contributed by atoms with E-state index in [9.17, 15) is 0 Å². The summed E-state index contributed by atoms with van der Waals surface area (Å²) in [6.45, 7) is 6.56. The summed E-state index contributed by atoms with van der Waals surface area (Å²) in [7, 11) is 0. The normalized spacial score (nSPS) is 18.4. The molecule has 0 bridgehead atoms. The van der Waals surface area contributed by atoms with E-state index in [1.165, 1.54) is 38.5 Å². The Labute approximate surface area is 134 Å². The molecular formula is C15H22ClIN2. The SMILES string of the molecule is CC(C)(C)c1nc(C2CCCCCC2)nc(Cl)c1I. The van der Waals surface area contributed by atoms with Crippen molar-refractivity contribution < 1.29 is 0 Å². The minimum atomic E-state index is 0.0165. The first-order chi connectivity index (χ1) is 8.89. The fourth-order valence-electron chi connectivity index (χ4n) is 2.65. The van der Waals surface area contributed by atoms with E-state index in [1.807, 2.05) is 0 Å². The smallest absolute Gasteiger partial charge is 0.146 e. The number of aromatic nitrogens is 2. The fourth-order valence-corrected chi connectivity index (χ4v) is 3.88. The average Bonchev–Trinajstić information content (AvgIpc) is 2.59. The third-order valence-corrected chi connectivity index (χ3v) is 5.37. The van der Waals surface area contributed by atoms with Crippen molar-refractivity contribution in [2.24, 2.45) is 0 Å². The molecule has 1 heterocycles. The van der Waals surface area contributed by atoms with Crippen LogP contribution >= 0.6 is 34.2 Å². The summed E-state index contributed by atoms with van der Waals surface area (Å²) in [6.07, 6.45) is 7.70. The van der Waals surface area contributed by atoms with E-state index in [0.717, 1.165) is 15.1 Å². The van der Waals surface area contributed by atoms with Gasteiger partial charge in [0.2, 0.25) is 0 Å². The lowest BCUT2D eigenvalue weighted by atomic mass is 9.91. The number of hydrogen-bond acceptors (Lipinski definition) is 2. The molecule has 0 atom stereocenters. The number of hydrogen-bond donors (Lipinski definition) is 0. The maximum absolute atomic E-state index is 6.33. The molecule has 106 valence electrons. The van der Waals surface area contributed by atoms with Gasteiger partial charge in [0.1, 0.15) is 11.0 Å². The Morgan fingerprint density at radius 3 is 2.16 bits per heavy atom. The summed E-state index contributed by atoms with van der Waals surface area (Å²) in [4.78, 5) is 9.43. The summed E-state index contributed by atoms with van der Waals surface area (Å²) in [5.74, 6) is 1.47. The van der Waals surface area contributed by atoms with Crippen molar-refractivity contribution in [3.8, 4) is 0 Å². The second-order valence-electron chi connectivity index (χ2n) is 6.47. The standard InChI is InChI=1S/C15H22ClIN2/c1-15(2,3)12-11(17)13(16)19-14(18-12)10-8-6-4-5-7-9-10/h10H,4-9H2,1-3H3. The van der Waals surface area contributed by atoms with Crippen LogP contribution in [0.1, 0.15) is 76.7 Å². The highest BCUT2D eigenvalue weighted by atomic mass is 127. The molecule has 2 nitrogen and oxygen atoms in total. The van der Waals surface area contributed by atoms with Crippen LogP contribution in [0.5, 0.6) is 0 Å². The van der Waals surface area contributed by atoms with E-state index >= 15 is 0 Å². The molecule has 0 N–H and O–H groups in total. The van der Waals surface area contributed by atoms with Gasteiger partial charge in [-0.05, 0) is 35.4 Å². The van der Waals surface area contributed by atoms with E-state index in [0.29, 0.717) is 11.1 Å². The summed E-state index contributed by atoms with van der Waals surface area (Å²) >= 11 is 8.59. The van der Waals surface area contributed by atoms with Crippen molar-refractivity contribution in [3.05, 3.63) is 20.2 Å². The van der Waals surface area contributed by atoms with Gasteiger partial charge in [0.05, 0.1) is 9.26 Å². The Kier molecular flexibility index (Phi) is 5.09. The Morgan fingerprint density at radius 1 is 1.05 bits per heavy atom. The maximum Gasteiger partial charge on any atom is 0.146 e. The highest BCUT2D eigenvalue weighted by Gasteiger charge is 2.25. The highest BCUT2D eigenvalue weighted by Crippen LogP contribution is 2.34. The number of halogens is 2. The Hall–Kier alpha value is 0.100. The van der Waals surface area contributed by atoms with Crippen molar-refractivity contribution in [2.75, 3.05) is 0 Å². The monoisotopic (exact) mass is 392 g/mol. The van der Waals surface area contributed by atoms with Crippen LogP contribution in [-0.2, 0) is 5.41 Å². The minimum absolute atomic E-state index is 0.0165. The first kappa shape index (κ1) is 15.5. The third-order valence-electron chi connectivity index (χ3n) is 3.76. The Balaban J connectivity index is 2.38. The van der Waals surface area contributed by atoms with Gasteiger partial charge < -0.3 is 0 Å². The van der Waals surface area contributed by atoms with Crippen LogP contribution in [-0.4, -0.2) is 9.97 Å². The van der Waals surface area contributed by atoms with Gasteiger partial charge in [-0.2, -0.15) is 0 Å². The fraction of sp³-hybridized carbons (Fsp3) is 0.733. The van der Waals surface area contributed by atoms with Gasteiger partial charge in [-0.15, -0.1) is 0 Å². The summed E-state index contributed by atoms with van der Waals surface area (Å²) in [5.41, 5.74) is 1.11. The molecule has 0 amide bonds. The van der Waals surface area contributed by atoms with Gasteiger partial charge in [-0.1, -0.05) is 58.1 Å². The second kappa shape index (κ2) is 6.25. The molecule has 2 rings (SSSR count). The number of rotatable bonds is 1. The van der Waals surface area contributed by atoms with Crippen LogP contribution in [0.25, 0.3) is 0 Å². The summed E-state index contributed by atoms with van der Waals surface area (Å²) in [6, 6.07) is 0. The van der Waals surface area contributed by atoms with Gasteiger partial charge in [-0.25, -0.2) is 9.97 Å². The quantitative estimate of drug-likeness (QED) is 0.360. The molecule has 0 saturated heterocycles. The van der Waals surface area contributed by atoms with Crippen LogP contribution in [0, 0.1) is 3.57 Å². The van der Waals surface area contributed by atoms with E-state index in [2.05, 4.69) is 48.3 Å². The molecule has 4 heteroatoms. The molecule has 0 aliphatic heterocycles. The molecule has 1 aromatic rings. The topological polar surface area (TPSA) is 25.8 Å². The molecule has 1 aliphatic rings. The maximum atomic E-state index is 6.33. The van der Waals surface area contributed by atoms with Gasteiger partial charge in [-0.3, -0.25) is 0 Å². The zero-order chi connectivity index (χ0) is 14.0. The first-order valence-electron chi connectivity index (χ1n) is 7.13.